The molecule has 0 saturated carbocycles. The van der Waals surface area contributed by atoms with Gasteiger partial charge in [-0.1, -0.05) is 79.5 Å². The average molecular weight is 320 g/mol. The molecule has 0 amide bonds. The van der Waals surface area contributed by atoms with E-state index in [0.717, 1.165) is 0 Å². The zero-order valence-corrected chi connectivity index (χ0v) is 12.2. The fourth-order valence-electron chi connectivity index (χ4n) is 1.38. The number of hydrogen-bond donors (Lipinski definition) is 0. The van der Waals surface area contributed by atoms with Crippen LogP contribution < -0.4 is 0 Å². The van der Waals surface area contributed by atoms with Crippen LogP contribution in [-0.4, -0.2) is 4.43 Å². The Balaban J connectivity index is 3.13. The van der Waals surface area contributed by atoms with Gasteiger partial charge in [-0.25, -0.2) is 0 Å². The summed E-state index contributed by atoms with van der Waals surface area (Å²) in [5.74, 6) is 0. The third kappa shape index (κ3) is 14.2. The number of alkyl halides is 1. The first-order valence-electron chi connectivity index (χ1n) is 6.29. The lowest BCUT2D eigenvalue weighted by Crippen LogP contribution is -1.77. The topological polar surface area (TPSA) is 0 Å². The molecule has 15 heavy (non-hydrogen) atoms. The largest absolute Gasteiger partial charge is 0.0864 e. The normalized spacial score (nSPS) is 11.9. The maximum atomic E-state index is 2.45. The molecule has 0 atom stereocenters. The molecule has 0 aliphatic heterocycles. The Labute approximate surface area is 109 Å². The second kappa shape index (κ2) is 14.2. The molecule has 0 rings (SSSR count). The summed E-state index contributed by atoms with van der Waals surface area (Å²) in [6.07, 6.45) is 19.6. The molecule has 0 saturated heterocycles. The van der Waals surface area contributed by atoms with Gasteiger partial charge in [0.1, 0.15) is 0 Å². The lowest BCUT2D eigenvalue weighted by molar-refractivity contribution is 0.681. The first-order valence-corrected chi connectivity index (χ1v) is 7.82. The zero-order valence-electron chi connectivity index (χ0n) is 10.1. The van der Waals surface area contributed by atoms with Gasteiger partial charge in [0.25, 0.3) is 0 Å². The standard InChI is InChI=1S/C14H25I/c1-2-3-4-5-6-7-8-9-10-11-12-13-14-15/h5-8H,2-4,9-14H2,1H3/b6-5-,8-7-. The Morgan fingerprint density at radius 2 is 1.40 bits per heavy atom. The molecule has 0 aliphatic carbocycles. The van der Waals surface area contributed by atoms with Crippen molar-refractivity contribution in [2.45, 2.75) is 58.3 Å². The summed E-state index contributed by atoms with van der Waals surface area (Å²) in [5.41, 5.74) is 0. The third-order valence-electron chi connectivity index (χ3n) is 2.36. The van der Waals surface area contributed by atoms with Gasteiger partial charge in [-0.3, -0.25) is 0 Å². The maximum absolute atomic E-state index is 2.45. The van der Waals surface area contributed by atoms with Crippen LogP contribution in [0.1, 0.15) is 58.3 Å². The molecular weight excluding hydrogens is 295 g/mol. The second-order valence-electron chi connectivity index (χ2n) is 3.89. The fourth-order valence-corrected chi connectivity index (χ4v) is 1.92. The molecule has 0 unspecified atom stereocenters. The first kappa shape index (κ1) is 15.2. The minimum absolute atomic E-state index is 1.23. The van der Waals surface area contributed by atoms with Crippen LogP contribution in [0.2, 0.25) is 0 Å². The number of unbranched alkanes of at least 4 members (excludes halogenated alkanes) is 6. The van der Waals surface area contributed by atoms with E-state index in [4.69, 9.17) is 0 Å². The van der Waals surface area contributed by atoms with E-state index in [2.05, 4.69) is 53.8 Å². The van der Waals surface area contributed by atoms with Crippen LogP contribution in [0, 0.1) is 0 Å². The number of halogens is 1. The monoisotopic (exact) mass is 320 g/mol. The summed E-state index contributed by atoms with van der Waals surface area (Å²) in [7, 11) is 0. The van der Waals surface area contributed by atoms with Crippen molar-refractivity contribution in [2.24, 2.45) is 0 Å². The third-order valence-corrected chi connectivity index (χ3v) is 3.12. The van der Waals surface area contributed by atoms with Crippen molar-refractivity contribution in [3.05, 3.63) is 24.3 Å². The Morgan fingerprint density at radius 1 is 0.800 bits per heavy atom. The predicted molar refractivity (Wildman–Crippen MR) is 79.8 cm³/mol. The zero-order chi connectivity index (χ0) is 11.2. The summed E-state index contributed by atoms with van der Waals surface area (Å²) in [6.45, 7) is 2.24. The van der Waals surface area contributed by atoms with Gasteiger partial charge in [0.2, 0.25) is 0 Å². The highest BCUT2D eigenvalue weighted by Crippen LogP contribution is 2.05. The minimum Gasteiger partial charge on any atom is -0.0864 e. The predicted octanol–water partition coefficient (Wildman–Crippen LogP) is 5.67. The lowest BCUT2D eigenvalue weighted by atomic mass is 10.1. The summed E-state index contributed by atoms with van der Waals surface area (Å²) in [4.78, 5) is 0. The SMILES string of the molecule is CCCC/C=C\C=C/CCCCCCI. The Kier molecular flexibility index (Phi) is 14.4. The molecule has 0 aliphatic rings. The smallest absolute Gasteiger partial charge is 0.000473 e. The molecule has 0 aromatic rings. The highest BCUT2D eigenvalue weighted by Gasteiger charge is 1.86. The van der Waals surface area contributed by atoms with Crippen molar-refractivity contribution in [3.63, 3.8) is 0 Å². The van der Waals surface area contributed by atoms with Crippen LogP contribution in [-0.2, 0) is 0 Å². The van der Waals surface area contributed by atoms with Crippen molar-refractivity contribution >= 4 is 22.6 Å². The van der Waals surface area contributed by atoms with Crippen LogP contribution in [0.15, 0.2) is 24.3 Å². The number of hydrogen-bond acceptors (Lipinski definition) is 0. The van der Waals surface area contributed by atoms with Gasteiger partial charge in [0.15, 0.2) is 0 Å². The Hall–Kier alpha value is 0.210. The van der Waals surface area contributed by atoms with Crippen LogP contribution in [0.3, 0.4) is 0 Å². The molecule has 88 valence electrons. The molecule has 0 fully saturated rings. The van der Waals surface area contributed by atoms with Crippen molar-refractivity contribution in [2.75, 3.05) is 4.43 Å². The van der Waals surface area contributed by atoms with E-state index in [9.17, 15) is 0 Å². The average Bonchev–Trinajstić information content (AvgIpc) is 2.26. The maximum Gasteiger partial charge on any atom is -0.000473 e. The summed E-state index contributed by atoms with van der Waals surface area (Å²) in [6, 6.07) is 0. The lowest BCUT2D eigenvalue weighted by Gasteiger charge is -1.94. The molecule has 0 nitrogen and oxygen atoms in total. The molecule has 0 aromatic carbocycles. The van der Waals surface area contributed by atoms with E-state index in [1.54, 1.807) is 0 Å². The van der Waals surface area contributed by atoms with Gasteiger partial charge >= 0.3 is 0 Å². The highest BCUT2D eigenvalue weighted by atomic mass is 127. The molecule has 0 bridgehead atoms. The molecule has 1 heteroatoms. The van der Waals surface area contributed by atoms with Gasteiger partial charge in [0.05, 0.1) is 0 Å². The summed E-state index contributed by atoms with van der Waals surface area (Å²) < 4.78 is 1.31. The molecular formula is C14H25I. The van der Waals surface area contributed by atoms with E-state index in [1.165, 1.54) is 55.8 Å². The summed E-state index contributed by atoms with van der Waals surface area (Å²) >= 11 is 2.45. The number of rotatable bonds is 10. The van der Waals surface area contributed by atoms with Crippen LogP contribution in [0.25, 0.3) is 0 Å². The molecule has 0 radical (unpaired) electrons. The van der Waals surface area contributed by atoms with Crippen LogP contribution in [0.4, 0.5) is 0 Å². The Morgan fingerprint density at radius 3 is 2.00 bits per heavy atom. The first-order chi connectivity index (χ1) is 7.41. The minimum atomic E-state index is 1.23. The molecule has 0 heterocycles. The van der Waals surface area contributed by atoms with Crippen molar-refractivity contribution in [1.82, 2.24) is 0 Å². The van der Waals surface area contributed by atoms with Crippen LogP contribution in [0.5, 0.6) is 0 Å². The quantitative estimate of drug-likeness (QED) is 0.210. The van der Waals surface area contributed by atoms with Crippen molar-refractivity contribution in [3.8, 4) is 0 Å². The van der Waals surface area contributed by atoms with Crippen LogP contribution >= 0.6 is 22.6 Å². The van der Waals surface area contributed by atoms with Crippen molar-refractivity contribution < 1.29 is 0 Å². The van der Waals surface area contributed by atoms with E-state index in [0.29, 0.717) is 0 Å². The Bertz CT molecular complexity index is 159. The van der Waals surface area contributed by atoms with E-state index < -0.39 is 0 Å². The van der Waals surface area contributed by atoms with Gasteiger partial charge in [-0.15, -0.1) is 0 Å². The summed E-state index contributed by atoms with van der Waals surface area (Å²) in [5, 5.41) is 0. The highest BCUT2D eigenvalue weighted by molar-refractivity contribution is 14.1. The van der Waals surface area contributed by atoms with E-state index in [-0.39, 0.29) is 0 Å². The second-order valence-corrected chi connectivity index (χ2v) is 4.97. The van der Waals surface area contributed by atoms with E-state index >= 15 is 0 Å². The van der Waals surface area contributed by atoms with E-state index in [1.807, 2.05) is 0 Å². The fraction of sp³-hybridized carbons (Fsp3) is 0.714. The molecule has 0 aromatic heterocycles. The van der Waals surface area contributed by atoms with Crippen molar-refractivity contribution in [1.29, 1.82) is 0 Å². The van der Waals surface area contributed by atoms with Gasteiger partial charge < -0.3 is 0 Å². The van der Waals surface area contributed by atoms with Gasteiger partial charge in [-0.2, -0.15) is 0 Å². The number of allylic oxidation sites excluding steroid dienone is 4. The molecule has 0 N–H and O–H groups in total. The van der Waals surface area contributed by atoms with Gasteiger partial charge in [0, 0.05) is 0 Å². The molecule has 0 spiro atoms. The van der Waals surface area contributed by atoms with Gasteiger partial charge in [-0.05, 0) is 30.1 Å².